The van der Waals surface area contributed by atoms with Crippen molar-refractivity contribution in [1.29, 1.82) is 0 Å². The first-order valence-corrected chi connectivity index (χ1v) is 3.62. The third kappa shape index (κ3) is 5.82. The number of aliphatic carboxylic acids is 1. The van der Waals surface area contributed by atoms with E-state index in [0.29, 0.717) is 6.42 Å². The molecule has 0 aliphatic heterocycles. The lowest BCUT2D eigenvalue weighted by Gasteiger charge is -2.24. The Morgan fingerprint density at radius 1 is 1.55 bits per heavy atom. The molecule has 3 N–H and O–H groups in total. The van der Waals surface area contributed by atoms with E-state index in [-0.39, 0.29) is 0 Å². The molecule has 0 unspecified atom stereocenters. The molecule has 0 rings (SSSR count). The highest BCUT2D eigenvalue weighted by molar-refractivity contribution is 5.72. The molecule has 4 heteroatoms. The van der Waals surface area contributed by atoms with Crippen molar-refractivity contribution in [2.24, 2.45) is 5.73 Å². The minimum atomic E-state index is -0.918. The van der Waals surface area contributed by atoms with Crippen LogP contribution in [0.4, 0.5) is 0 Å². The van der Waals surface area contributed by atoms with Crippen molar-refractivity contribution in [1.82, 2.24) is 0 Å². The average molecular weight is 161 g/mol. The van der Waals surface area contributed by atoms with E-state index < -0.39 is 12.0 Å². The molecule has 0 aliphatic rings. The van der Waals surface area contributed by atoms with Gasteiger partial charge < -0.3 is 15.3 Å². The lowest BCUT2D eigenvalue weighted by Crippen LogP contribution is -2.41. The Morgan fingerprint density at radius 2 is 2.00 bits per heavy atom. The number of rotatable bonds is 4. The number of hydrogen-bond acceptors (Lipinski definition) is 2. The predicted octanol–water partition coefficient (Wildman–Crippen LogP) is -0.505. The first-order valence-electron chi connectivity index (χ1n) is 3.62. The van der Waals surface area contributed by atoms with Crippen LogP contribution in [0.3, 0.4) is 0 Å². The monoisotopic (exact) mass is 161 g/mol. The van der Waals surface area contributed by atoms with E-state index >= 15 is 0 Å². The quantitative estimate of drug-likeness (QED) is 0.546. The molecule has 0 amide bonds. The van der Waals surface area contributed by atoms with Gasteiger partial charge in [-0.1, -0.05) is 0 Å². The highest BCUT2D eigenvalue weighted by Crippen LogP contribution is 1.96. The summed E-state index contributed by atoms with van der Waals surface area (Å²) in [4.78, 5) is 10.3. The Balaban J connectivity index is 3.63. The Bertz CT molecular complexity index is 140. The number of nitrogens with zero attached hydrogens (tertiary/aromatic N) is 1. The van der Waals surface area contributed by atoms with Gasteiger partial charge in [-0.05, 0) is 0 Å². The Morgan fingerprint density at radius 3 is 2.27 bits per heavy atom. The van der Waals surface area contributed by atoms with Crippen LogP contribution in [-0.4, -0.2) is 49.3 Å². The highest BCUT2D eigenvalue weighted by Gasteiger charge is 2.15. The van der Waals surface area contributed by atoms with Gasteiger partial charge in [-0.3, -0.25) is 4.79 Å². The maximum absolute atomic E-state index is 10.3. The van der Waals surface area contributed by atoms with E-state index in [4.69, 9.17) is 10.8 Å². The minimum Gasteiger partial charge on any atom is -0.480 e. The molecule has 0 aromatic rings. The van der Waals surface area contributed by atoms with E-state index in [0.717, 1.165) is 11.0 Å². The SMILES string of the molecule is C[N+](C)(C)CC[C@@H](N)C(=O)O. The molecular formula is C7H17N2O2+. The number of quaternary nitrogens is 1. The molecule has 66 valence electrons. The van der Waals surface area contributed by atoms with Crippen molar-refractivity contribution < 1.29 is 14.4 Å². The smallest absolute Gasteiger partial charge is 0.320 e. The standard InChI is InChI=1S/C7H16N2O2/c1-9(2,3)5-4-6(8)7(10)11/h6H,4-5,8H2,1-3H3/p+1/t6-/m1/s1. The lowest BCUT2D eigenvalue weighted by atomic mass is 10.2. The maximum Gasteiger partial charge on any atom is 0.320 e. The van der Waals surface area contributed by atoms with Crippen LogP contribution in [0.2, 0.25) is 0 Å². The lowest BCUT2D eigenvalue weighted by molar-refractivity contribution is -0.870. The zero-order valence-corrected chi connectivity index (χ0v) is 7.37. The summed E-state index contributed by atoms with van der Waals surface area (Å²) in [5, 5.41) is 8.45. The predicted molar refractivity (Wildman–Crippen MR) is 43.1 cm³/mol. The van der Waals surface area contributed by atoms with Crippen LogP contribution in [0, 0.1) is 0 Å². The van der Waals surface area contributed by atoms with Gasteiger partial charge in [-0.15, -0.1) is 0 Å². The zero-order chi connectivity index (χ0) is 9.07. The van der Waals surface area contributed by atoms with Crippen LogP contribution in [-0.2, 0) is 4.79 Å². The van der Waals surface area contributed by atoms with Crippen molar-refractivity contribution in [2.45, 2.75) is 12.5 Å². The average Bonchev–Trinajstić information content (AvgIpc) is 1.80. The summed E-state index contributed by atoms with van der Waals surface area (Å²) < 4.78 is 0.751. The van der Waals surface area contributed by atoms with Gasteiger partial charge in [0.2, 0.25) is 0 Å². The van der Waals surface area contributed by atoms with Crippen molar-refractivity contribution in [3.05, 3.63) is 0 Å². The molecule has 1 atom stereocenters. The normalized spacial score (nSPS) is 14.5. The number of carbonyl (C=O) groups is 1. The Labute approximate surface area is 67.2 Å². The molecule has 0 saturated heterocycles. The fourth-order valence-electron chi connectivity index (χ4n) is 0.650. The number of nitrogens with two attached hydrogens (primary N) is 1. The van der Waals surface area contributed by atoms with E-state index in [1.165, 1.54) is 0 Å². The number of hydrogen-bond donors (Lipinski definition) is 2. The molecule has 0 heterocycles. The second-order valence-electron chi connectivity index (χ2n) is 3.75. The van der Waals surface area contributed by atoms with Gasteiger partial charge in [0.1, 0.15) is 6.04 Å². The van der Waals surface area contributed by atoms with E-state index in [2.05, 4.69) is 0 Å². The molecule has 0 saturated carbocycles. The Kier molecular flexibility index (Phi) is 3.48. The molecule has 0 aromatic carbocycles. The molecular weight excluding hydrogens is 144 g/mol. The fraction of sp³-hybridized carbons (Fsp3) is 0.857. The minimum absolute atomic E-state index is 0.527. The molecule has 0 spiro atoms. The van der Waals surface area contributed by atoms with Crippen molar-refractivity contribution in [3.63, 3.8) is 0 Å². The highest BCUT2D eigenvalue weighted by atomic mass is 16.4. The van der Waals surface area contributed by atoms with Crippen LogP contribution in [0.15, 0.2) is 0 Å². The summed E-state index contributed by atoms with van der Waals surface area (Å²) in [5.74, 6) is -0.918. The molecule has 0 fully saturated rings. The van der Waals surface area contributed by atoms with Crippen LogP contribution in [0.25, 0.3) is 0 Å². The second-order valence-corrected chi connectivity index (χ2v) is 3.75. The molecule has 4 nitrogen and oxygen atoms in total. The van der Waals surface area contributed by atoms with E-state index in [9.17, 15) is 4.79 Å². The fourth-order valence-corrected chi connectivity index (χ4v) is 0.650. The van der Waals surface area contributed by atoms with Gasteiger partial charge in [0.05, 0.1) is 27.7 Å². The third-order valence-corrected chi connectivity index (χ3v) is 1.43. The van der Waals surface area contributed by atoms with Crippen LogP contribution in [0.5, 0.6) is 0 Å². The van der Waals surface area contributed by atoms with Gasteiger partial charge in [-0.2, -0.15) is 0 Å². The summed E-state index contributed by atoms with van der Waals surface area (Å²) in [6, 6.07) is -0.715. The number of carboxylic acids is 1. The third-order valence-electron chi connectivity index (χ3n) is 1.43. The molecule has 0 aromatic heterocycles. The van der Waals surface area contributed by atoms with E-state index in [1.54, 1.807) is 0 Å². The summed E-state index contributed by atoms with van der Waals surface area (Å²) in [7, 11) is 6.03. The molecule has 11 heavy (non-hydrogen) atoms. The van der Waals surface area contributed by atoms with Gasteiger partial charge in [0.25, 0.3) is 0 Å². The van der Waals surface area contributed by atoms with Crippen LogP contribution in [0.1, 0.15) is 6.42 Å². The van der Waals surface area contributed by atoms with Crippen LogP contribution >= 0.6 is 0 Å². The summed E-state index contributed by atoms with van der Waals surface area (Å²) in [6.45, 7) is 0.785. The summed E-state index contributed by atoms with van der Waals surface area (Å²) >= 11 is 0. The van der Waals surface area contributed by atoms with E-state index in [1.807, 2.05) is 21.1 Å². The molecule has 0 bridgehead atoms. The second kappa shape index (κ2) is 3.69. The molecule has 0 radical (unpaired) electrons. The summed E-state index contributed by atoms with van der Waals surface area (Å²) in [6.07, 6.45) is 0.527. The van der Waals surface area contributed by atoms with Crippen molar-refractivity contribution in [3.8, 4) is 0 Å². The Hall–Kier alpha value is -0.610. The largest absolute Gasteiger partial charge is 0.480 e. The summed E-state index contributed by atoms with van der Waals surface area (Å²) in [5.41, 5.74) is 5.31. The zero-order valence-electron chi connectivity index (χ0n) is 7.37. The van der Waals surface area contributed by atoms with Gasteiger partial charge in [0.15, 0.2) is 0 Å². The first kappa shape index (κ1) is 10.4. The van der Waals surface area contributed by atoms with Gasteiger partial charge in [-0.25, -0.2) is 0 Å². The van der Waals surface area contributed by atoms with Crippen LogP contribution < -0.4 is 5.73 Å². The molecule has 0 aliphatic carbocycles. The topological polar surface area (TPSA) is 63.3 Å². The number of carboxylic acid groups (broad SMARTS) is 1. The van der Waals surface area contributed by atoms with Gasteiger partial charge in [0, 0.05) is 6.42 Å². The van der Waals surface area contributed by atoms with Gasteiger partial charge >= 0.3 is 5.97 Å². The first-order chi connectivity index (χ1) is 4.83. The van der Waals surface area contributed by atoms with Crippen molar-refractivity contribution in [2.75, 3.05) is 27.7 Å². The maximum atomic E-state index is 10.3. The van der Waals surface area contributed by atoms with Crippen molar-refractivity contribution >= 4 is 5.97 Å².